The molecule has 3 aliphatic rings. The summed E-state index contributed by atoms with van der Waals surface area (Å²) in [5, 5.41) is 1.90. The standard InChI is InChI=1S/C24H33NO2P2/c1-14-11-15(2)13-20(12-14)25-23(26)21(28-16(3)7-8-17(28)4)22(24(25)27)29-18(5)9-10-19(29)6/h11-13,16-19H,7-10H2,1-6H3/t16-,17-,18-,19?,29?/m1/s1. The summed E-state index contributed by atoms with van der Waals surface area (Å²) in [6.07, 6.45) is 4.71. The largest absolute Gasteiger partial charge is 0.268 e. The number of anilines is 1. The topological polar surface area (TPSA) is 37.4 Å². The summed E-state index contributed by atoms with van der Waals surface area (Å²) in [7, 11) is -1.15. The lowest BCUT2D eigenvalue weighted by molar-refractivity contribution is -0.120. The first-order chi connectivity index (χ1) is 13.7. The fourth-order valence-electron chi connectivity index (χ4n) is 5.56. The van der Waals surface area contributed by atoms with E-state index in [1.165, 1.54) is 30.6 Å². The van der Waals surface area contributed by atoms with Crippen LogP contribution in [0, 0.1) is 13.8 Å². The molecule has 5 atom stereocenters. The molecule has 0 spiro atoms. The Morgan fingerprint density at radius 3 is 1.38 bits per heavy atom. The SMILES string of the molecule is Cc1cc(C)cc(N2C(=O)C(P3C(C)CC[C@H]3C)=C(P3[C@H](C)CC[C@H]3C)C2=O)c1. The van der Waals surface area contributed by atoms with Crippen molar-refractivity contribution < 1.29 is 9.59 Å². The Hall–Kier alpha value is -1.04. The van der Waals surface area contributed by atoms with Gasteiger partial charge in [0.25, 0.3) is 11.8 Å². The van der Waals surface area contributed by atoms with E-state index in [0.717, 1.165) is 27.4 Å². The van der Waals surface area contributed by atoms with Crippen LogP contribution < -0.4 is 4.90 Å². The predicted molar refractivity (Wildman–Crippen MR) is 126 cm³/mol. The lowest BCUT2D eigenvalue weighted by Gasteiger charge is -2.26. The average molecular weight is 429 g/mol. The van der Waals surface area contributed by atoms with Crippen molar-refractivity contribution in [2.24, 2.45) is 0 Å². The molecule has 2 fully saturated rings. The molecule has 2 amide bonds. The summed E-state index contributed by atoms with van der Waals surface area (Å²) in [6, 6.07) is 6.08. The molecule has 0 N–H and O–H groups in total. The zero-order valence-corrected chi connectivity index (χ0v) is 20.3. The number of carbonyl (C=O) groups excluding carboxylic acids is 2. The van der Waals surface area contributed by atoms with Crippen molar-refractivity contribution in [2.45, 2.75) is 89.9 Å². The number of hydrogen-bond acceptors (Lipinski definition) is 2. The highest BCUT2D eigenvalue weighted by Crippen LogP contribution is 2.70. The normalized spacial score (nSPS) is 33.4. The van der Waals surface area contributed by atoms with Crippen LogP contribution in [-0.2, 0) is 9.59 Å². The molecule has 0 radical (unpaired) electrons. The Kier molecular flexibility index (Phi) is 5.77. The van der Waals surface area contributed by atoms with Crippen molar-refractivity contribution in [1.29, 1.82) is 0 Å². The van der Waals surface area contributed by atoms with Crippen molar-refractivity contribution in [3.8, 4) is 0 Å². The van der Waals surface area contributed by atoms with Crippen LogP contribution in [0.1, 0.15) is 64.5 Å². The minimum atomic E-state index is -0.577. The number of carbonyl (C=O) groups is 2. The summed E-state index contributed by atoms with van der Waals surface area (Å²) >= 11 is 0. The van der Waals surface area contributed by atoms with Gasteiger partial charge < -0.3 is 0 Å². The molecular weight excluding hydrogens is 396 g/mol. The molecular formula is C24H33NO2P2. The number of aryl methyl sites for hydroxylation is 2. The Morgan fingerprint density at radius 1 is 0.690 bits per heavy atom. The summed E-state index contributed by atoms with van der Waals surface area (Å²) in [4.78, 5) is 29.3. The van der Waals surface area contributed by atoms with Crippen LogP contribution in [0.3, 0.4) is 0 Å². The van der Waals surface area contributed by atoms with Gasteiger partial charge in [-0.25, -0.2) is 4.90 Å². The van der Waals surface area contributed by atoms with Gasteiger partial charge in [-0.3, -0.25) is 9.59 Å². The number of amides is 2. The molecule has 3 heterocycles. The van der Waals surface area contributed by atoms with Crippen LogP contribution >= 0.6 is 15.8 Å². The highest BCUT2D eigenvalue weighted by atomic mass is 31.1. The quantitative estimate of drug-likeness (QED) is 0.407. The minimum absolute atomic E-state index is 0.00416. The molecule has 0 saturated carbocycles. The molecule has 0 aliphatic carbocycles. The maximum Gasteiger partial charge on any atom is 0.266 e. The van der Waals surface area contributed by atoms with E-state index in [4.69, 9.17) is 0 Å². The fraction of sp³-hybridized carbons (Fsp3) is 0.583. The number of hydrogen-bond donors (Lipinski definition) is 0. The molecule has 156 valence electrons. The Morgan fingerprint density at radius 2 is 1.03 bits per heavy atom. The first-order valence-electron chi connectivity index (χ1n) is 11.0. The second-order valence-electron chi connectivity index (χ2n) is 9.35. The second-order valence-corrected chi connectivity index (χ2v) is 15.4. The average Bonchev–Trinajstić information content (AvgIpc) is 3.21. The van der Waals surface area contributed by atoms with E-state index >= 15 is 0 Å². The third-order valence-electron chi connectivity index (χ3n) is 6.92. The highest BCUT2D eigenvalue weighted by molar-refractivity contribution is 7.70. The van der Waals surface area contributed by atoms with E-state index in [1.54, 1.807) is 0 Å². The molecule has 0 bridgehead atoms. The molecule has 5 heteroatoms. The molecule has 3 aliphatic heterocycles. The zero-order valence-electron chi connectivity index (χ0n) is 18.5. The number of imide groups is 1. The van der Waals surface area contributed by atoms with Crippen molar-refractivity contribution in [3.05, 3.63) is 40.0 Å². The third-order valence-corrected chi connectivity index (χ3v) is 13.8. The lowest BCUT2D eigenvalue weighted by Crippen LogP contribution is -2.32. The summed E-state index contributed by atoms with van der Waals surface area (Å²) in [5.41, 5.74) is 5.07. The summed E-state index contributed by atoms with van der Waals surface area (Å²) in [5.74, 6) is -0.00831. The summed E-state index contributed by atoms with van der Waals surface area (Å²) in [6.45, 7) is 13.3. The van der Waals surface area contributed by atoms with E-state index in [2.05, 4.69) is 33.8 Å². The van der Waals surface area contributed by atoms with Crippen molar-refractivity contribution >= 4 is 33.3 Å². The molecule has 0 aromatic heterocycles. The zero-order chi connectivity index (χ0) is 21.0. The number of rotatable bonds is 3. The lowest BCUT2D eigenvalue weighted by atomic mass is 10.1. The van der Waals surface area contributed by atoms with E-state index in [1.807, 2.05) is 26.0 Å². The van der Waals surface area contributed by atoms with Gasteiger partial charge in [-0.15, -0.1) is 0 Å². The van der Waals surface area contributed by atoms with Gasteiger partial charge in [-0.1, -0.05) is 49.6 Å². The van der Waals surface area contributed by atoms with Gasteiger partial charge in [0.1, 0.15) is 0 Å². The predicted octanol–water partition coefficient (Wildman–Crippen LogP) is 6.49. The maximum absolute atomic E-state index is 13.9. The molecule has 1 aromatic carbocycles. The first kappa shape index (κ1) is 21.2. The van der Waals surface area contributed by atoms with Gasteiger partial charge in [-0.05, 0) is 85.4 Å². The summed E-state index contributed by atoms with van der Waals surface area (Å²) < 4.78 is 0. The fourth-order valence-corrected chi connectivity index (χ4v) is 12.8. The maximum atomic E-state index is 13.9. The van der Waals surface area contributed by atoms with Gasteiger partial charge in [0.15, 0.2) is 0 Å². The molecule has 29 heavy (non-hydrogen) atoms. The number of nitrogens with zero attached hydrogens (tertiary/aromatic N) is 1. The Balaban J connectivity index is 1.86. The third kappa shape index (κ3) is 3.53. The van der Waals surface area contributed by atoms with Crippen LogP contribution in [0.25, 0.3) is 0 Å². The Labute approximate surface area is 177 Å². The van der Waals surface area contributed by atoms with E-state index in [0.29, 0.717) is 22.6 Å². The smallest absolute Gasteiger partial charge is 0.266 e. The van der Waals surface area contributed by atoms with E-state index < -0.39 is 15.8 Å². The van der Waals surface area contributed by atoms with Crippen LogP contribution in [0.5, 0.6) is 0 Å². The van der Waals surface area contributed by atoms with Crippen molar-refractivity contribution in [1.82, 2.24) is 0 Å². The Bertz CT molecular complexity index is 807. The minimum Gasteiger partial charge on any atom is -0.268 e. The number of benzene rings is 1. The molecule has 2 saturated heterocycles. The van der Waals surface area contributed by atoms with Crippen LogP contribution in [0.2, 0.25) is 0 Å². The molecule has 1 aromatic rings. The van der Waals surface area contributed by atoms with Gasteiger partial charge in [-0.2, -0.15) is 0 Å². The van der Waals surface area contributed by atoms with Gasteiger partial charge in [0, 0.05) is 0 Å². The van der Waals surface area contributed by atoms with Crippen LogP contribution in [-0.4, -0.2) is 34.5 Å². The van der Waals surface area contributed by atoms with Crippen LogP contribution in [0.15, 0.2) is 28.8 Å². The van der Waals surface area contributed by atoms with Crippen molar-refractivity contribution in [3.63, 3.8) is 0 Å². The van der Waals surface area contributed by atoms with Gasteiger partial charge in [0.05, 0.1) is 16.3 Å². The van der Waals surface area contributed by atoms with Crippen LogP contribution in [0.4, 0.5) is 5.69 Å². The van der Waals surface area contributed by atoms with Gasteiger partial charge in [0.2, 0.25) is 0 Å². The monoisotopic (exact) mass is 429 g/mol. The second kappa shape index (κ2) is 7.90. The first-order valence-corrected chi connectivity index (χ1v) is 13.9. The van der Waals surface area contributed by atoms with Crippen molar-refractivity contribution in [2.75, 3.05) is 4.90 Å². The van der Waals surface area contributed by atoms with E-state index in [-0.39, 0.29) is 11.8 Å². The highest BCUT2D eigenvalue weighted by Gasteiger charge is 2.51. The molecule has 3 nitrogen and oxygen atoms in total. The van der Waals surface area contributed by atoms with E-state index in [9.17, 15) is 9.59 Å². The molecule has 2 unspecified atom stereocenters. The van der Waals surface area contributed by atoms with Gasteiger partial charge >= 0.3 is 0 Å². The molecule has 4 rings (SSSR count).